The van der Waals surface area contributed by atoms with Crippen molar-refractivity contribution in [3.63, 3.8) is 0 Å². The minimum absolute atomic E-state index is 0.271. The van der Waals surface area contributed by atoms with Gasteiger partial charge < -0.3 is 15.2 Å². The van der Waals surface area contributed by atoms with Crippen molar-refractivity contribution in [1.82, 2.24) is 5.32 Å². The van der Waals surface area contributed by atoms with E-state index in [9.17, 15) is 5.11 Å². The summed E-state index contributed by atoms with van der Waals surface area (Å²) >= 11 is 0. The summed E-state index contributed by atoms with van der Waals surface area (Å²) in [6, 6.07) is 8.33. The fourth-order valence-corrected chi connectivity index (χ4v) is 2.68. The first-order chi connectivity index (χ1) is 9.35. The van der Waals surface area contributed by atoms with Crippen LogP contribution in [0.15, 0.2) is 24.3 Å². The Kier molecular flexibility index (Phi) is 5.26. The molecule has 1 aliphatic rings. The van der Waals surface area contributed by atoms with Crippen LogP contribution in [0.5, 0.6) is 5.75 Å². The number of hydrogen-bond donors (Lipinski definition) is 2. The Balaban J connectivity index is 1.93. The molecular weight excluding hydrogens is 238 g/mol. The molecule has 2 unspecified atom stereocenters. The topological polar surface area (TPSA) is 41.5 Å². The third-order valence-electron chi connectivity index (χ3n) is 3.73. The Morgan fingerprint density at radius 2 is 2.21 bits per heavy atom. The van der Waals surface area contributed by atoms with Gasteiger partial charge in [-0.15, -0.1) is 6.42 Å². The molecule has 0 heterocycles. The summed E-state index contributed by atoms with van der Waals surface area (Å²) in [5.41, 5.74) is 1.11. The Hall–Kier alpha value is -1.50. The molecule has 0 saturated heterocycles. The van der Waals surface area contributed by atoms with Gasteiger partial charge in [-0.25, -0.2) is 0 Å². The molecular formula is C16H21NO2. The number of rotatable bonds is 6. The van der Waals surface area contributed by atoms with Crippen molar-refractivity contribution in [2.24, 2.45) is 5.92 Å². The number of benzene rings is 1. The number of nitrogens with one attached hydrogen (secondary N) is 1. The van der Waals surface area contributed by atoms with E-state index in [-0.39, 0.29) is 6.61 Å². The molecule has 19 heavy (non-hydrogen) atoms. The van der Waals surface area contributed by atoms with Crippen LogP contribution in [0, 0.1) is 18.3 Å². The molecule has 1 saturated carbocycles. The number of aliphatic hydroxyl groups is 1. The highest BCUT2D eigenvalue weighted by Crippen LogP contribution is 2.26. The lowest BCUT2D eigenvalue weighted by Gasteiger charge is -2.20. The minimum Gasteiger partial charge on any atom is -0.481 e. The van der Waals surface area contributed by atoms with Gasteiger partial charge in [-0.3, -0.25) is 0 Å². The van der Waals surface area contributed by atoms with E-state index in [0.717, 1.165) is 30.7 Å². The first kappa shape index (κ1) is 13.9. The predicted molar refractivity (Wildman–Crippen MR) is 75.8 cm³/mol. The zero-order valence-corrected chi connectivity index (χ0v) is 11.1. The fourth-order valence-electron chi connectivity index (χ4n) is 2.68. The van der Waals surface area contributed by atoms with Gasteiger partial charge in [0.1, 0.15) is 12.4 Å². The molecule has 102 valence electrons. The van der Waals surface area contributed by atoms with Crippen LogP contribution in [0.4, 0.5) is 0 Å². The summed E-state index contributed by atoms with van der Waals surface area (Å²) in [4.78, 5) is 0. The highest BCUT2D eigenvalue weighted by Gasteiger charge is 2.26. The Bertz CT molecular complexity index is 439. The maximum absolute atomic E-state index is 9.32. The van der Waals surface area contributed by atoms with Crippen LogP contribution < -0.4 is 10.1 Å². The van der Waals surface area contributed by atoms with Gasteiger partial charge in [-0.2, -0.15) is 0 Å². The van der Waals surface area contributed by atoms with Gasteiger partial charge in [-0.05, 0) is 24.8 Å². The number of para-hydroxylation sites is 1. The summed E-state index contributed by atoms with van der Waals surface area (Å²) in [6.07, 6.45) is 8.66. The highest BCUT2D eigenvalue weighted by atomic mass is 16.5. The second-order valence-electron chi connectivity index (χ2n) is 4.96. The third kappa shape index (κ3) is 3.73. The molecule has 2 atom stereocenters. The van der Waals surface area contributed by atoms with Crippen molar-refractivity contribution in [2.45, 2.75) is 31.8 Å². The van der Waals surface area contributed by atoms with E-state index in [4.69, 9.17) is 11.2 Å². The highest BCUT2D eigenvalue weighted by molar-refractivity contribution is 5.33. The molecule has 3 nitrogen and oxygen atoms in total. The average molecular weight is 259 g/mol. The summed E-state index contributed by atoms with van der Waals surface area (Å²) in [6.45, 7) is 1.31. The quantitative estimate of drug-likeness (QED) is 0.767. The van der Waals surface area contributed by atoms with Crippen LogP contribution >= 0.6 is 0 Å². The molecule has 0 aliphatic heterocycles. The zero-order chi connectivity index (χ0) is 13.5. The molecule has 1 aromatic carbocycles. The molecule has 2 rings (SSSR count). The third-order valence-corrected chi connectivity index (χ3v) is 3.73. The standard InChI is InChI=1S/C16H21NO2/c1-2-10-19-16-9-4-3-6-13(16)11-17-15-8-5-7-14(15)12-18/h1,3-4,6,9,14-15,17-18H,5,7-8,10-12H2. The number of hydrogen-bond acceptors (Lipinski definition) is 3. The van der Waals surface area contributed by atoms with E-state index in [1.165, 1.54) is 6.42 Å². The van der Waals surface area contributed by atoms with Crippen molar-refractivity contribution < 1.29 is 9.84 Å². The molecule has 0 aromatic heterocycles. The van der Waals surface area contributed by atoms with Crippen molar-refractivity contribution in [2.75, 3.05) is 13.2 Å². The van der Waals surface area contributed by atoms with E-state index in [0.29, 0.717) is 18.6 Å². The van der Waals surface area contributed by atoms with Gasteiger partial charge in [-0.1, -0.05) is 30.5 Å². The van der Waals surface area contributed by atoms with E-state index in [2.05, 4.69) is 11.2 Å². The van der Waals surface area contributed by atoms with Crippen molar-refractivity contribution in [3.05, 3.63) is 29.8 Å². The van der Waals surface area contributed by atoms with Crippen LogP contribution in [-0.2, 0) is 6.54 Å². The van der Waals surface area contributed by atoms with Crippen LogP contribution in [-0.4, -0.2) is 24.4 Å². The van der Waals surface area contributed by atoms with Crippen LogP contribution in [0.1, 0.15) is 24.8 Å². The normalized spacial score (nSPS) is 22.1. The second kappa shape index (κ2) is 7.18. The van der Waals surface area contributed by atoms with Gasteiger partial charge >= 0.3 is 0 Å². The van der Waals surface area contributed by atoms with E-state index in [1.54, 1.807) is 0 Å². The maximum atomic E-state index is 9.32. The lowest BCUT2D eigenvalue weighted by molar-refractivity contribution is 0.205. The van der Waals surface area contributed by atoms with Crippen molar-refractivity contribution in [3.8, 4) is 18.1 Å². The predicted octanol–water partition coefficient (Wildman–Crippen LogP) is 1.95. The second-order valence-corrected chi connectivity index (χ2v) is 4.96. The lowest BCUT2D eigenvalue weighted by atomic mass is 10.0. The molecule has 1 aromatic rings. The Labute approximate surface area is 115 Å². The average Bonchev–Trinajstić information content (AvgIpc) is 2.91. The van der Waals surface area contributed by atoms with Crippen LogP contribution in [0.25, 0.3) is 0 Å². The summed E-state index contributed by atoms with van der Waals surface area (Å²) < 4.78 is 5.53. The molecule has 3 heteroatoms. The molecule has 1 fully saturated rings. The van der Waals surface area contributed by atoms with Gasteiger partial charge in [0.25, 0.3) is 0 Å². The zero-order valence-electron chi connectivity index (χ0n) is 11.1. The van der Waals surface area contributed by atoms with E-state index >= 15 is 0 Å². The number of ether oxygens (including phenoxy) is 1. The van der Waals surface area contributed by atoms with Gasteiger partial charge in [0.2, 0.25) is 0 Å². The van der Waals surface area contributed by atoms with E-state index in [1.807, 2.05) is 24.3 Å². The molecule has 0 spiro atoms. The summed E-state index contributed by atoms with van der Waals surface area (Å²) in [7, 11) is 0. The lowest BCUT2D eigenvalue weighted by Crippen LogP contribution is -2.33. The van der Waals surface area contributed by atoms with E-state index < -0.39 is 0 Å². The molecule has 0 radical (unpaired) electrons. The molecule has 0 amide bonds. The van der Waals surface area contributed by atoms with Crippen molar-refractivity contribution in [1.29, 1.82) is 0 Å². The van der Waals surface area contributed by atoms with Crippen molar-refractivity contribution >= 4 is 0 Å². The number of terminal acetylenes is 1. The minimum atomic E-state index is 0.271. The summed E-state index contributed by atoms with van der Waals surface area (Å²) in [5, 5.41) is 12.8. The molecule has 0 bridgehead atoms. The largest absolute Gasteiger partial charge is 0.481 e. The first-order valence-electron chi connectivity index (χ1n) is 6.83. The smallest absolute Gasteiger partial charge is 0.148 e. The summed E-state index contributed by atoms with van der Waals surface area (Å²) in [5.74, 6) is 3.71. The maximum Gasteiger partial charge on any atom is 0.148 e. The van der Waals surface area contributed by atoms with Gasteiger partial charge in [0, 0.05) is 24.8 Å². The Morgan fingerprint density at radius 3 is 3.00 bits per heavy atom. The molecule has 2 N–H and O–H groups in total. The first-order valence-corrected chi connectivity index (χ1v) is 6.83. The fraction of sp³-hybridized carbons (Fsp3) is 0.500. The van der Waals surface area contributed by atoms with Gasteiger partial charge in [0.05, 0.1) is 0 Å². The van der Waals surface area contributed by atoms with Gasteiger partial charge in [0.15, 0.2) is 0 Å². The van der Waals surface area contributed by atoms with Crippen LogP contribution in [0.2, 0.25) is 0 Å². The molecule has 1 aliphatic carbocycles. The number of aliphatic hydroxyl groups excluding tert-OH is 1. The van der Waals surface area contributed by atoms with Crippen LogP contribution in [0.3, 0.4) is 0 Å². The monoisotopic (exact) mass is 259 g/mol. The Morgan fingerprint density at radius 1 is 1.37 bits per heavy atom. The SMILES string of the molecule is C#CCOc1ccccc1CNC1CCCC1CO.